The molecule has 1 aliphatic carbocycles. The van der Waals surface area contributed by atoms with Crippen molar-refractivity contribution in [3.63, 3.8) is 0 Å². The van der Waals surface area contributed by atoms with Crippen LogP contribution in [0.3, 0.4) is 0 Å². The van der Waals surface area contributed by atoms with Gasteiger partial charge in [0.15, 0.2) is 5.11 Å². The zero-order valence-electron chi connectivity index (χ0n) is 19.9. The molecular weight excluding hydrogens is 446 g/mol. The van der Waals surface area contributed by atoms with Gasteiger partial charge in [0.05, 0.1) is 6.61 Å². The summed E-state index contributed by atoms with van der Waals surface area (Å²) in [5, 5.41) is 8.98. The molecule has 0 saturated heterocycles. The molecule has 2 aromatic rings. The number of carbonyl (C=O) groups is 2. The predicted octanol–water partition coefficient (Wildman–Crippen LogP) is 5.84. The van der Waals surface area contributed by atoms with Gasteiger partial charge in [-0.3, -0.25) is 14.9 Å². The van der Waals surface area contributed by atoms with Gasteiger partial charge in [0.1, 0.15) is 5.75 Å². The van der Waals surface area contributed by atoms with E-state index in [1.165, 1.54) is 32.1 Å². The normalized spacial score (nSPS) is 13.7. The number of anilines is 1. The van der Waals surface area contributed by atoms with Gasteiger partial charge in [0.2, 0.25) is 0 Å². The first-order valence-electron chi connectivity index (χ1n) is 12.3. The predicted molar refractivity (Wildman–Crippen MR) is 141 cm³/mol. The molecule has 1 fully saturated rings. The molecule has 0 radical (unpaired) electrons. The highest BCUT2D eigenvalue weighted by atomic mass is 32.1. The van der Waals surface area contributed by atoms with E-state index in [1.807, 2.05) is 0 Å². The third kappa shape index (κ3) is 8.45. The Kier molecular flexibility index (Phi) is 10.3. The fourth-order valence-corrected chi connectivity index (χ4v) is 4.19. The maximum Gasteiger partial charge on any atom is 0.257 e. The summed E-state index contributed by atoms with van der Waals surface area (Å²) in [5.41, 5.74) is 1.81. The molecule has 2 aromatic carbocycles. The van der Waals surface area contributed by atoms with E-state index in [9.17, 15) is 9.59 Å². The zero-order valence-corrected chi connectivity index (χ0v) is 20.7. The molecule has 0 atom stereocenters. The van der Waals surface area contributed by atoms with Crippen molar-refractivity contribution < 1.29 is 14.3 Å². The summed E-state index contributed by atoms with van der Waals surface area (Å²) < 4.78 is 5.72. The Morgan fingerprint density at radius 2 is 1.53 bits per heavy atom. The van der Waals surface area contributed by atoms with Crippen LogP contribution in [0.4, 0.5) is 5.69 Å². The van der Waals surface area contributed by atoms with Crippen molar-refractivity contribution in [2.75, 3.05) is 11.9 Å². The SMILES string of the molecule is CCCCCCOc1ccc(C(=O)NC(=S)Nc2ccc(C(=O)NC3CCCCC3)cc2)cc1. The van der Waals surface area contributed by atoms with Crippen molar-refractivity contribution >= 4 is 34.8 Å². The number of unbranched alkanes of at least 4 members (excludes halogenated alkanes) is 3. The second kappa shape index (κ2) is 13.7. The molecular formula is C27H35N3O3S. The number of nitrogens with one attached hydrogen (secondary N) is 3. The molecule has 0 unspecified atom stereocenters. The highest BCUT2D eigenvalue weighted by Gasteiger charge is 2.16. The van der Waals surface area contributed by atoms with Gasteiger partial charge in [-0.2, -0.15) is 0 Å². The first-order valence-corrected chi connectivity index (χ1v) is 12.7. The molecule has 6 nitrogen and oxygen atoms in total. The maximum atomic E-state index is 12.5. The maximum absolute atomic E-state index is 12.5. The van der Waals surface area contributed by atoms with Crippen LogP contribution in [0.15, 0.2) is 48.5 Å². The molecule has 1 aliphatic rings. The standard InChI is InChI=1S/C27H35N3O3S/c1-2-3-4-8-19-33-24-17-13-21(14-18-24)26(32)30-27(34)29-23-15-11-20(12-16-23)25(31)28-22-9-6-5-7-10-22/h11-18,22H,2-10,19H2,1H3,(H,28,31)(H2,29,30,32,34). The van der Waals surface area contributed by atoms with Crippen molar-refractivity contribution in [3.8, 4) is 5.75 Å². The largest absolute Gasteiger partial charge is 0.494 e. The van der Waals surface area contributed by atoms with Crippen LogP contribution in [0.1, 0.15) is 85.4 Å². The fraction of sp³-hybridized carbons (Fsp3) is 0.444. The summed E-state index contributed by atoms with van der Waals surface area (Å²) in [4.78, 5) is 24.9. The third-order valence-corrected chi connectivity index (χ3v) is 6.16. The van der Waals surface area contributed by atoms with Crippen LogP contribution >= 0.6 is 12.2 Å². The molecule has 0 aliphatic heterocycles. The second-order valence-corrected chi connectivity index (χ2v) is 9.14. The molecule has 0 spiro atoms. The van der Waals surface area contributed by atoms with E-state index in [-0.39, 0.29) is 23.0 Å². The van der Waals surface area contributed by atoms with Crippen LogP contribution in [-0.2, 0) is 0 Å². The number of benzene rings is 2. The monoisotopic (exact) mass is 481 g/mol. The molecule has 182 valence electrons. The van der Waals surface area contributed by atoms with Gasteiger partial charge in [-0.1, -0.05) is 45.4 Å². The van der Waals surface area contributed by atoms with Crippen LogP contribution in [0, 0.1) is 0 Å². The minimum absolute atomic E-state index is 0.0530. The van der Waals surface area contributed by atoms with Gasteiger partial charge < -0.3 is 15.4 Å². The van der Waals surface area contributed by atoms with Crippen molar-refractivity contribution in [1.82, 2.24) is 10.6 Å². The highest BCUT2D eigenvalue weighted by molar-refractivity contribution is 7.80. The molecule has 3 N–H and O–H groups in total. The second-order valence-electron chi connectivity index (χ2n) is 8.73. The first kappa shape index (κ1) is 25.7. The molecule has 2 amide bonds. The van der Waals surface area contributed by atoms with E-state index in [0.717, 1.165) is 31.4 Å². The highest BCUT2D eigenvalue weighted by Crippen LogP contribution is 2.18. The summed E-state index contributed by atoms with van der Waals surface area (Å²) >= 11 is 5.28. The first-order chi connectivity index (χ1) is 16.5. The van der Waals surface area contributed by atoms with Crippen LogP contribution in [0.25, 0.3) is 0 Å². The van der Waals surface area contributed by atoms with E-state index in [0.29, 0.717) is 23.4 Å². The summed E-state index contributed by atoms with van der Waals surface area (Å²) in [6.45, 7) is 2.86. The average Bonchev–Trinajstić information content (AvgIpc) is 2.85. The van der Waals surface area contributed by atoms with Crippen molar-refractivity contribution in [1.29, 1.82) is 0 Å². The topological polar surface area (TPSA) is 79.5 Å². The van der Waals surface area contributed by atoms with Crippen LogP contribution in [0.2, 0.25) is 0 Å². The average molecular weight is 482 g/mol. The summed E-state index contributed by atoms with van der Waals surface area (Å²) in [6, 6.07) is 14.4. The number of hydrogen-bond acceptors (Lipinski definition) is 4. The van der Waals surface area contributed by atoms with Crippen LogP contribution < -0.4 is 20.7 Å². The molecule has 0 bridgehead atoms. The Bertz CT molecular complexity index is 939. The van der Waals surface area contributed by atoms with E-state index in [2.05, 4.69) is 22.9 Å². The quantitative estimate of drug-likeness (QED) is 0.294. The molecule has 0 aromatic heterocycles. The van der Waals surface area contributed by atoms with Crippen molar-refractivity contribution in [2.45, 2.75) is 70.8 Å². The number of amides is 2. The lowest BCUT2D eigenvalue weighted by molar-refractivity contribution is 0.0926. The van der Waals surface area contributed by atoms with Crippen LogP contribution in [-0.4, -0.2) is 29.6 Å². The molecule has 34 heavy (non-hydrogen) atoms. The van der Waals surface area contributed by atoms with Crippen LogP contribution in [0.5, 0.6) is 5.75 Å². The fourth-order valence-electron chi connectivity index (χ4n) is 3.98. The summed E-state index contributed by atoms with van der Waals surface area (Å²) in [5.74, 6) is 0.402. The Morgan fingerprint density at radius 1 is 0.882 bits per heavy atom. The van der Waals surface area contributed by atoms with Gasteiger partial charge in [0.25, 0.3) is 11.8 Å². The number of carbonyl (C=O) groups excluding carboxylic acids is 2. The molecule has 7 heteroatoms. The lowest BCUT2D eigenvalue weighted by Crippen LogP contribution is -2.36. The Balaban J connectivity index is 1.42. The molecule has 1 saturated carbocycles. The number of hydrogen-bond donors (Lipinski definition) is 3. The lowest BCUT2D eigenvalue weighted by atomic mass is 9.95. The zero-order chi connectivity index (χ0) is 24.2. The van der Waals surface area contributed by atoms with E-state index >= 15 is 0 Å². The smallest absolute Gasteiger partial charge is 0.257 e. The van der Waals surface area contributed by atoms with Crippen molar-refractivity contribution in [3.05, 3.63) is 59.7 Å². The summed E-state index contributed by atoms with van der Waals surface area (Å²) in [6.07, 6.45) is 10.3. The Labute approximate surface area is 207 Å². The third-order valence-electron chi connectivity index (χ3n) is 5.96. The minimum atomic E-state index is -0.296. The molecule has 0 heterocycles. The number of rotatable bonds is 10. The van der Waals surface area contributed by atoms with E-state index < -0.39 is 0 Å². The Hall–Kier alpha value is -2.93. The number of ether oxygens (including phenoxy) is 1. The lowest BCUT2D eigenvalue weighted by Gasteiger charge is -2.22. The van der Waals surface area contributed by atoms with Gasteiger partial charge in [-0.15, -0.1) is 0 Å². The Morgan fingerprint density at radius 3 is 2.21 bits per heavy atom. The summed E-state index contributed by atoms with van der Waals surface area (Å²) in [7, 11) is 0. The van der Waals surface area contributed by atoms with Gasteiger partial charge in [-0.25, -0.2) is 0 Å². The molecule has 3 rings (SSSR count). The van der Waals surface area contributed by atoms with Crippen molar-refractivity contribution in [2.24, 2.45) is 0 Å². The van der Waals surface area contributed by atoms with Gasteiger partial charge in [0, 0.05) is 22.9 Å². The van der Waals surface area contributed by atoms with E-state index in [4.69, 9.17) is 17.0 Å². The van der Waals surface area contributed by atoms with E-state index in [1.54, 1.807) is 48.5 Å². The minimum Gasteiger partial charge on any atom is -0.494 e. The van der Waals surface area contributed by atoms with Gasteiger partial charge >= 0.3 is 0 Å². The number of thiocarbonyl (C=S) groups is 1. The van der Waals surface area contributed by atoms with Gasteiger partial charge in [-0.05, 0) is 80.0 Å².